The van der Waals surface area contributed by atoms with Crippen molar-refractivity contribution in [3.63, 3.8) is 0 Å². The molecule has 1 saturated carbocycles. The van der Waals surface area contributed by atoms with Crippen LogP contribution < -0.4 is 15.5 Å². The number of hydrogen-bond donors (Lipinski definition) is 2. The highest BCUT2D eigenvalue weighted by atomic mass is 127. The van der Waals surface area contributed by atoms with E-state index in [0.717, 1.165) is 18.7 Å². The number of fused-ring (bicyclic) bond motifs is 1. The van der Waals surface area contributed by atoms with E-state index in [1.807, 2.05) is 30.0 Å². The summed E-state index contributed by atoms with van der Waals surface area (Å²) in [4.78, 5) is 18.9. The Balaban J connectivity index is 0.00000341. The first-order valence-corrected chi connectivity index (χ1v) is 10.9. The van der Waals surface area contributed by atoms with E-state index < -0.39 is 12.1 Å². The zero-order chi connectivity index (χ0) is 21.6. The summed E-state index contributed by atoms with van der Waals surface area (Å²) >= 11 is 0. The number of guanidine groups is 1. The van der Waals surface area contributed by atoms with Crippen molar-refractivity contribution in [3.05, 3.63) is 29.8 Å². The van der Waals surface area contributed by atoms with Gasteiger partial charge in [0.2, 0.25) is 5.91 Å². The second-order valence-electron chi connectivity index (χ2n) is 8.02. The number of hydrogen-bond acceptors (Lipinski definition) is 2. The van der Waals surface area contributed by atoms with Crippen molar-refractivity contribution >= 4 is 41.5 Å². The number of carbonyl (C=O) groups excluding carboxylic acids is 1. The average Bonchev–Trinajstić information content (AvgIpc) is 3.15. The highest BCUT2D eigenvalue weighted by Gasteiger charge is 2.41. The van der Waals surface area contributed by atoms with Gasteiger partial charge < -0.3 is 15.5 Å². The van der Waals surface area contributed by atoms with E-state index in [0.29, 0.717) is 44.7 Å². The van der Waals surface area contributed by atoms with Crippen LogP contribution in [0.3, 0.4) is 0 Å². The Morgan fingerprint density at radius 1 is 1.19 bits per heavy atom. The number of carbonyl (C=O) groups is 1. The Morgan fingerprint density at radius 2 is 1.90 bits per heavy atom. The summed E-state index contributed by atoms with van der Waals surface area (Å²) in [6.45, 7) is 3.85. The van der Waals surface area contributed by atoms with E-state index in [1.54, 1.807) is 0 Å². The molecule has 31 heavy (non-hydrogen) atoms. The fraction of sp³-hybridized carbons (Fsp3) is 0.636. The first kappa shape index (κ1) is 25.7. The minimum absolute atomic E-state index is 0. The van der Waals surface area contributed by atoms with Crippen LogP contribution in [0.25, 0.3) is 0 Å². The molecule has 0 radical (unpaired) electrons. The van der Waals surface area contributed by atoms with Gasteiger partial charge in [-0.25, -0.2) is 0 Å². The third kappa shape index (κ3) is 7.25. The molecule has 5 nitrogen and oxygen atoms in total. The number of para-hydroxylation sites is 1. The van der Waals surface area contributed by atoms with Gasteiger partial charge in [-0.05, 0) is 57.1 Å². The third-order valence-electron chi connectivity index (χ3n) is 5.88. The monoisotopic (exact) mass is 552 g/mol. The SMILES string of the molecule is CCNC(=NCCCC(=O)N1CCc2ccccc21)NC1CCC(C(F)(F)F)CC1.I. The topological polar surface area (TPSA) is 56.7 Å². The molecule has 1 heterocycles. The Hall–Kier alpha value is -1.52. The number of nitrogens with one attached hydrogen (secondary N) is 2. The maximum atomic E-state index is 12.8. The number of aliphatic imine (C=N–C) groups is 1. The molecule has 0 atom stereocenters. The molecule has 0 saturated heterocycles. The lowest BCUT2D eigenvalue weighted by molar-refractivity contribution is -0.182. The summed E-state index contributed by atoms with van der Waals surface area (Å²) in [5.41, 5.74) is 2.22. The number of benzene rings is 1. The molecule has 1 aromatic carbocycles. The minimum atomic E-state index is -4.09. The molecule has 1 aliphatic heterocycles. The van der Waals surface area contributed by atoms with Crippen molar-refractivity contribution < 1.29 is 18.0 Å². The predicted molar refractivity (Wildman–Crippen MR) is 128 cm³/mol. The quantitative estimate of drug-likeness (QED) is 0.234. The lowest BCUT2D eigenvalue weighted by Gasteiger charge is -2.31. The number of anilines is 1. The number of rotatable bonds is 6. The van der Waals surface area contributed by atoms with Crippen LogP contribution in [-0.4, -0.2) is 43.7 Å². The van der Waals surface area contributed by atoms with Crippen molar-refractivity contribution in [2.45, 2.75) is 64.1 Å². The van der Waals surface area contributed by atoms with Crippen molar-refractivity contribution in [1.82, 2.24) is 10.6 Å². The molecule has 0 bridgehead atoms. The van der Waals surface area contributed by atoms with Crippen molar-refractivity contribution in [2.75, 3.05) is 24.5 Å². The van der Waals surface area contributed by atoms with Crippen molar-refractivity contribution in [1.29, 1.82) is 0 Å². The van der Waals surface area contributed by atoms with Crippen LogP contribution in [0.2, 0.25) is 0 Å². The first-order chi connectivity index (χ1) is 14.4. The van der Waals surface area contributed by atoms with E-state index in [9.17, 15) is 18.0 Å². The van der Waals surface area contributed by atoms with Gasteiger partial charge in [0.15, 0.2) is 5.96 Å². The van der Waals surface area contributed by atoms with Gasteiger partial charge >= 0.3 is 6.18 Å². The zero-order valence-corrected chi connectivity index (χ0v) is 20.2. The van der Waals surface area contributed by atoms with Crippen molar-refractivity contribution in [2.24, 2.45) is 10.9 Å². The van der Waals surface area contributed by atoms with Gasteiger partial charge in [-0.3, -0.25) is 9.79 Å². The molecule has 2 aliphatic rings. The Kier molecular flexibility index (Phi) is 9.90. The fourth-order valence-electron chi connectivity index (χ4n) is 4.23. The van der Waals surface area contributed by atoms with Crippen LogP contribution in [0.1, 0.15) is 51.0 Å². The first-order valence-electron chi connectivity index (χ1n) is 10.9. The molecule has 1 amide bonds. The normalized spacial score (nSPS) is 21.3. The lowest BCUT2D eigenvalue weighted by Crippen LogP contribution is -2.45. The average molecular weight is 552 g/mol. The molecule has 0 spiro atoms. The molecule has 174 valence electrons. The Morgan fingerprint density at radius 3 is 2.58 bits per heavy atom. The summed E-state index contributed by atoms with van der Waals surface area (Å²) < 4.78 is 38.5. The van der Waals surface area contributed by atoms with E-state index in [-0.39, 0.29) is 48.8 Å². The lowest BCUT2D eigenvalue weighted by atomic mass is 9.85. The van der Waals surface area contributed by atoms with Crippen LogP contribution in [0.15, 0.2) is 29.3 Å². The number of halogens is 4. The molecule has 2 N–H and O–H groups in total. The van der Waals surface area contributed by atoms with Gasteiger partial charge in [-0.2, -0.15) is 13.2 Å². The van der Waals surface area contributed by atoms with Crippen LogP contribution in [0.4, 0.5) is 18.9 Å². The van der Waals surface area contributed by atoms with Gasteiger partial charge in [-0.1, -0.05) is 18.2 Å². The summed E-state index contributed by atoms with van der Waals surface area (Å²) in [6.07, 6.45) is -0.846. The van der Waals surface area contributed by atoms with E-state index in [2.05, 4.69) is 21.7 Å². The molecule has 0 unspecified atom stereocenters. The third-order valence-corrected chi connectivity index (χ3v) is 5.88. The maximum Gasteiger partial charge on any atom is 0.391 e. The van der Waals surface area contributed by atoms with Crippen molar-refractivity contribution in [3.8, 4) is 0 Å². The smallest absolute Gasteiger partial charge is 0.357 e. The molecule has 3 rings (SSSR count). The minimum Gasteiger partial charge on any atom is -0.357 e. The van der Waals surface area contributed by atoms with Gasteiger partial charge in [0.25, 0.3) is 0 Å². The Labute approximate surface area is 199 Å². The van der Waals surface area contributed by atoms with Crippen LogP contribution in [-0.2, 0) is 11.2 Å². The standard InChI is InChI=1S/C22H31F3N4O.HI/c1-2-26-21(28-18-11-9-17(10-12-18)22(23,24)25)27-14-5-8-20(30)29-15-13-16-6-3-4-7-19(16)29;/h3-4,6-7,17-18H,2,5,8-15H2,1H3,(H2,26,27,28);1H. The summed E-state index contributed by atoms with van der Waals surface area (Å²) in [5, 5.41) is 6.41. The summed E-state index contributed by atoms with van der Waals surface area (Å²) in [6, 6.07) is 7.99. The Bertz CT molecular complexity index is 749. The van der Waals surface area contributed by atoms with Crippen LogP contribution in [0, 0.1) is 5.92 Å². The van der Waals surface area contributed by atoms with Crippen LogP contribution >= 0.6 is 24.0 Å². The molecule has 1 fully saturated rings. The highest BCUT2D eigenvalue weighted by molar-refractivity contribution is 14.0. The van der Waals surface area contributed by atoms with Crippen LogP contribution in [0.5, 0.6) is 0 Å². The van der Waals surface area contributed by atoms with E-state index >= 15 is 0 Å². The molecule has 1 aliphatic carbocycles. The molecular formula is C22H32F3IN4O. The highest BCUT2D eigenvalue weighted by Crippen LogP contribution is 2.37. The molecule has 9 heteroatoms. The molecule has 0 aromatic heterocycles. The van der Waals surface area contributed by atoms with E-state index in [4.69, 9.17) is 0 Å². The second-order valence-corrected chi connectivity index (χ2v) is 8.02. The van der Waals surface area contributed by atoms with Gasteiger partial charge in [0.1, 0.15) is 0 Å². The number of alkyl halides is 3. The van der Waals surface area contributed by atoms with Gasteiger partial charge in [0.05, 0.1) is 5.92 Å². The second kappa shape index (κ2) is 11.9. The zero-order valence-electron chi connectivity index (χ0n) is 17.9. The number of amides is 1. The summed E-state index contributed by atoms with van der Waals surface area (Å²) in [5.74, 6) is -0.456. The largest absolute Gasteiger partial charge is 0.391 e. The number of nitrogens with zero attached hydrogens (tertiary/aromatic N) is 2. The van der Waals surface area contributed by atoms with Gasteiger partial charge in [-0.15, -0.1) is 24.0 Å². The molecular weight excluding hydrogens is 520 g/mol. The maximum absolute atomic E-state index is 12.8. The van der Waals surface area contributed by atoms with Gasteiger partial charge in [0, 0.05) is 37.8 Å². The van der Waals surface area contributed by atoms with E-state index in [1.165, 1.54) is 5.56 Å². The molecule has 1 aromatic rings. The fourth-order valence-corrected chi connectivity index (χ4v) is 4.23. The summed E-state index contributed by atoms with van der Waals surface area (Å²) in [7, 11) is 0. The predicted octanol–water partition coefficient (Wildman–Crippen LogP) is 4.65.